The molecule has 0 heterocycles. The summed E-state index contributed by atoms with van der Waals surface area (Å²) in [6, 6.07) is 0.536. The molecule has 0 spiro atoms. The van der Waals surface area contributed by atoms with Crippen LogP contribution in [0, 0.1) is 0 Å². The van der Waals surface area contributed by atoms with Crippen LogP contribution in [0.2, 0.25) is 0 Å². The molecule has 1 atom stereocenters. The van der Waals surface area contributed by atoms with Crippen molar-refractivity contribution in [2.24, 2.45) is 0 Å². The molecule has 94 valence electrons. The van der Waals surface area contributed by atoms with Crippen molar-refractivity contribution in [3.05, 3.63) is 0 Å². The minimum atomic E-state index is -0.335. The zero-order valence-electron chi connectivity index (χ0n) is 10.4. The van der Waals surface area contributed by atoms with Gasteiger partial charge in [0.2, 0.25) is 5.91 Å². The Labute approximate surface area is 98.0 Å². The average molecular weight is 228 g/mol. The van der Waals surface area contributed by atoms with Crippen molar-refractivity contribution >= 4 is 5.91 Å². The molecule has 1 rings (SSSR count). The summed E-state index contributed by atoms with van der Waals surface area (Å²) in [6.45, 7) is 2.80. The summed E-state index contributed by atoms with van der Waals surface area (Å²) in [5.74, 6) is 0.118. The molecule has 0 bridgehead atoms. The summed E-state index contributed by atoms with van der Waals surface area (Å²) < 4.78 is 0. The lowest BCUT2D eigenvalue weighted by Crippen LogP contribution is -2.40. The van der Waals surface area contributed by atoms with Crippen LogP contribution in [0.25, 0.3) is 0 Å². The van der Waals surface area contributed by atoms with Crippen LogP contribution in [0.3, 0.4) is 0 Å². The topological polar surface area (TPSA) is 52.6 Å². The second-order valence-corrected chi connectivity index (χ2v) is 4.82. The number of nitrogens with zero attached hydrogens (tertiary/aromatic N) is 1. The molecule has 16 heavy (non-hydrogen) atoms. The van der Waals surface area contributed by atoms with E-state index < -0.39 is 0 Å². The summed E-state index contributed by atoms with van der Waals surface area (Å²) in [6.07, 6.45) is 5.27. The van der Waals surface area contributed by atoms with E-state index in [1.54, 1.807) is 18.9 Å². The van der Waals surface area contributed by atoms with Gasteiger partial charge < -0.3 is 15.3 Å². The van der Waals surface area contributed by atoms with Gasteiger partial charge in [-0.05, 0) is 26.2 Å². The summed E-state index contributed by atoms with van der Waals surface area (Å²) in [7, 11) is 1.79. The fourth-order valence-electron chi connectivity index (χ4n) is 2.00. The molecular formula is C12H24N2O2. The minimum absolute atomic E-state index is 0.118. The van der Waals surface area contributed by atoms with Crippen molar-refractivity contribution < 1.29 is 9.90 Å². The quantitative estimate of drug-likeness (QED) is 0.705. The number of carbonyl (C=O) groups is 1. The second kappa shape index (κ2) is 6.86. The van der Waals surface area contributed by atoms with E-state index in [-0.39, 0.29) is 12.0 Å². The second-order valence-electron chi connectivity index (χ2n) is 4.82. The Morgan fingerprint density at radius 3 is 2.69 bits per heavy atom. The smallest absolute Gasteiger partial charge is 0.236 e. The van der Waals surface area contributed by atoms with Crippen LogP contribution in [0.4, 0.5) is 0 Å². The van der Waals surface area contributed by atoms with Crippen LogP contribution < -0.4 is 5.32 Å². The van der Waals surface area contributed by atoms with Crippen molar-refractivity contribution in [2.45, 2.75) is 51.2 Å². The maximum Gasteiger partial charge on any atom is 0.236 e. The number of rotatable bonds is 6. The third-order valence-corrected chi connectivity index (χ3v) is 3.21. The molecule has 1 saturated carbocycles. The summed E-state index contributed by atoms with van der Waals surface area (Å²) in [5.41, 5.74) is 0. The normalized spacial score (nSPS) is 18.7. The summed E-state index contributed by atoms with van der Waals surface area (Å²) >= 11 is 0. The number of aliphatic hydroxyl groups excluding tert-OH is 1. The predicted octanol–water partition coefficient (Wildman–Crippen LogP) is 0.748. The van der Waals surface area contributed by atoms with Crippen molar-refractivity contribution in [3.8, 4) is 0 Å². The number of hydrogen-bond acceptors (Lipinski definition) is 3. The number of nitrogens with one attached hydrogen (secondary N) is 1. The van der Waals surface area contributed by atoms with Gasteiger partial charge >= 0.3 is 0 Å². The molecule has 0 aromatic carbocycles. The van der Waals surface area contributed by atoms with Gasteiger partial charge in [-0.3, -0.25) is 4.79 Å². The standard InChI is InChI=1S/C12H24N2O2/c1-10(15)7-8-14(2)12(16)9-13-11-5-3-4-6-11/h10-11,13,15H,3-9H2,1-2H3. The van der Waals surface area contributed by atoms with Crippen LogP contribution in [0.1, 0.15) is 39.0 Å². The Morgan fingerprint density at radius 2 is 2.12 bits per heavy atom. The van der Waals surface area contributed by atoms with E-state index in [0.29, 0.717) is 25.6 Å². The van der Waals surface area contributed by atoms with Gasteiger partial charge in [-0.15, -0.1) is 0 Å². The highest BCUT2D eigenvalue weighted by Gasteiger charge is 2.16. The molecule has 0 aliphatic heterocycles. The molecular weight excluding hydrogens is 204 g/mol. The van der Waals surface area contributed by atoms with Gasteiger partial charge in [0.05, 0.1) is 12.6 Å². The molecule has 1 aliphatic carbocycles. The predicted molar refractivity (Wildman–Crippen MR) is 64.2 cm³/mol. The van der Waals surface area contributed by atoms with E-state index >= 15 is 0 Å². The number of amides is 1. The van der Waals surface area contributed by atoms with Crippen molar-refractivity contribution in [3.63, 3.8) is 0 Å². The van der Waals surface area contributed by atoms with Crippen molar-refractivity contribution in [1.29, 1.82) is 0 Å². The molecule has 0 saturated heterocycles. The largest absolute Gasteiger partial charge is 0.393 e. The first-order valence-electron chi connectivity index (χ1n) is 6.25. The van der Waals surface area contributed by atoms with Gasteiger partial charge in [0, 0.05) is 19.6 Å². The molecule has 1 unspecified atom stereocenters. The van der Waals surface area contributed by atoms with Gasteiger partial charge in [0.25, 0.3) is 0 Å². The van der Waals surface area contributed by atoms with E-state index in [1.807, 2.05) is 0 Å². The first-order valence-corrected chi connectivity index (χ1v) is 6.25. The molecule has 0 aromatic rings. The molecule has 1 fully saturated rings. The van der Waals surface area contributed by atoms with E-state index in [2.05, 4.69) is 5.32 Å². The van der Waals surface area contributed by atoms with E-state index in [9.17, 15) is 4.79 Å². The van der Waals surface area contributed by atoms with Crippen LogP contribution >= 0.6 is 0 Å². The monoisotopic (exact) mass is 228 g/mol. The Hall–Kier alpha value is -0.610. The first-order chi connectivity index (χ1) is 7.59. The Balaban J connectivity index is 2.12. The van der Waals surface area contributed by atoms with Crippen LogP contribution in [-0.4, -0.2) is 48.2 Å². The van der Waals surface area contributed by atoms with E-state index in [0.717, 1.165) is 0 Å². The first kappa shape index (κ1) is 13.5. The third-order valence-electron chi connectivity index (χ3n) is 3.21. The lowest BCUT2D eigenvalue weighted by atomic mass is 10.2. The zero-order chi connectivity index (χ0) is 12.0. The fraction of sp³-hybridized carbons (Fsp3) is 0.917. The van der Waals surface area contributed by atoms with E-state index in [4.69, 9.17) is 5.11 Å². The van der Waals surface area contributed by atoms with Gasteiger partial charge in [0.15, 0.2) is 0 Å². The molecule has 2 N–H and O–H groups in total. The molecule has 4 heteroatoms. The van der Waals surface area contributed by atoms with Gasteiger partial charge in [0.1, 0.15) is 0 Å². The van der Waals surface area contributed by atoms with Gasteiger partial charge in [-0.1, -0.05) is 12.8 Å². The highest BCUT2D eigenvalue weighted by molar-refractivity contribution is 5.77. The molecule has 1 aliphatic rings. The lowest BCUT2D eigenvalue weighted by molar-refractivity contribution is -0.129. The van der Waals surface area contributed by atoms with Crippen molar-refractivity contribution in [2.75, 3.05) is 20.1 Å². The molecule has 0 aromatic heterocycles. The number of carbonyl (C=O) groups excluding carboxylic acids is 1. The highest BCUT2D eigenvalue weighted by Crippen LogP contribution is 2.17. The maximum absolute atomic E-state index is 11.7. The van der Waals surface area contributed by atoms with Gasteiger partial charge in [-0.25, -0.2) is 0 Å². The van der Waals surface area contributed by atoms with Crippen LogP contribution in [0.15, 0.2) is 0 Å². The Bertz CT molecular complexity index is 213. The Morgan fingerprint density at radius 1 is 1.50 bits per heavy atom. The summed E-state index contributed by atoms with van der Waals surface area (Å²) in [4.78, 5) is 13.4. The summed E-state index contributed by atoms with van der Waals surface area (Å²) in [5, 5.41) is 12.4. The van der Waals surface area contributed by atoms with Gasteiger partial charge in [-0.2, -0.15) is 0 Å². The fourth-order valence-corrected chi connectivity index (χ4v) is 2.00. The average Bonchev–Trinajstić information content (AvgIpc) is 2.75. The van der Waals surface area contributed by atoms with Crippen LogP contribution in [0.5, 0.6) is 0 Å². The highest BCUT2D eigenvalue weighted by atomic mass is 16.3. The molecule has 0 radical (unpaired) electrons. The minimum Gasteiger partial charge on any atom is -0.393 e. The number of aliphatic hydroxyl groups is 1. The van der Waals surface area contributed by atoms with Crippen molar-refractivity contribution in [1.82, 2.24) is 10.2 Å². The van der Waals surface area contributed by atoms with Crippen LogP contribution in [-0.2, 0) is 4.79 Å². The maximum atomic E-state index is 11.7. The lowest BCUT2D eigenvalue weighted by Gasteiger charge is -2.19. The van der Waals surface area contributed by atoms with E-state index in [1.165, 1.54) is 25.7 Å². The zero-order valence-corrected chi connectivity index (χ0v) is 10.4. The Kier molecular flexibility index (Phi) is 5.77. The number of likely N-dealkylation sites (N-methyl/N-ethyl adjacent to an activating group) is 1. The molecule has 4 nitrogen and oxygen atoms in total. The molecule has 1 amide bonds. The third kappa shape index (κ3) is 4.94. The number of hydrogen-bond donors (Lipinski definition) is 2. The SMILES string of the molecule is CC(O)CCN(C)C(=O)CNC1CCCC1.